The van der Waals surface area contributed by atoms with Crippen molar-refractivity contribution in [1.29, 1.82) is 0 Å². The third-order valence-corrected chi connectivity index (χ3v) is 2.84. The summed E-state index contributed by atoms with van der Waals surface area (Å²) in [6.45, 7) is 0.798. The van der Waals surface area contributed by atoms with E-state index >= 15 is 0 Å². The van der Waals surface area contributed by atoms with Gasteiger partial charge in [0.1, 0.15) is 0 Å². The molecule has 0 aromatic carbocycles. The van der Waals surface area contributed by atoms with Crippen LogP contribution in [0.1, 0.15) is 25.0 Å². The van der Waals surface area contributed by atoms with Crippen LogP contribution in [0.15, 0.2) is 6.07 Å². The van der Waals surface area contributed by atoms with Crippen molar-refractivity contribution >= 4 is 11.7 Å². The number of rotatable bonds is 4. The van der Waals surface area contributed by atoms with Crippen LogP contribution in [0.5, 0.6) is 0 Å². The number of carbonyl (C=O) groups excluding carboxylic acids is 1. The van der Waals surface area contributed by atoms with Crippen molar-refractivity contribution in [2.45, 2.75) is 25.8 Å². The molecule has 16 heavy (non-hydrogen) atoms. The molecule has 1 fully saturated rings. The van der Waals surface area contributed by atoms with Gasteiger partial charge in [0.15, 0.2) is 5.82 Å². The monoisotopic (exact) mass is 222 g/mol. The molecule has 1 aliphatic carbocycles. The number of carbonyl (C=O) groups is 1. The minimum Gasteiger partial charge on any atom is -0.309 e. The first-order chi connectivity index (χ1) is 7.65. The van der Waals surface area contributed by atoms with E-state index in [0.717, 1.165) is 25.1 Å². The minimum atomic E-state index is 0.106. The fourth-order valence-corrected chi connectivity index (χ4v) is 1.75. The second-order valence-electron chi connectivity index (χ2n) is 4.63. The second kappa shape index (κ2) is 4.65. The van der Waals surface area contributed by atoms with Crippen molar-refractivity contribution in [2.75, 3.05) is 19.4 Å². The number of amides is 1. The number of anilines is 1. The van der Waals surface area contributed by atoms with Crippen LogP contribution in [0.25, 0.3) is 0 Å². The second-order valence-corrected chi connectivity index (χ2v) is 4.63. The average molecular weight is 222 g/mol. The van der Waals surface area contributed by atoms with Gasteiger partial charge in [-0.25, -0.2) is 0 Å². The van der Waals surface area contributed by atoms with Crippen LogP contribution in [-0.2, 0) is 11.3 Å². The molecule has 1 saturated carbocycles. The highest BCUT2D eigenvalue weighted by molar-refractivity contribution is 5.92. The van der Waals surface area contributed by atoms with Gasteiger partial charge in [-0.1, -0.05) is 6.42 Å². The molecule has 0 saturated heterocycles. The van der Waals surface area contributed by atoms with Crippen LogP contribution in [0.3, 0.4) is 0 Å². The molecule has 0 spiro atoms. The molecule has 5 nitrogen and oxygen atoms in total. The van der Waals surface area contributed by atoms with E-state index in [4.69, 9.17) is 0 Å². The van der Waals surface area contributed by atoms with Crippen molar-refractivity contribution in [1.82, 2.24) is 15.1 Å². The zero-order chi connectivity index (χ0) is 11.5. The molecule has 1 heterocycles. The molecule has 0 radical (unpaired) electrons. The maximum Gasteiger partial charge on any atom is 0.228 e. The molecule has 1 aromatic heterocycles. The zero-order valence-corrected chi connectivity index (χ0v) is 9.79. The lowest BCUT2D eigenvalue weighted by atomic mass is 9.85. The maximum atomic E-state index is 11.7. The highest BCUT2D eigenvalue weighted by atomic mass is 16.2. The van der Waals surface area contributed by atoms with Gasteiger partial charge >= 0.3 is 0 Å². The van der Waals surface area contributed by atoms with Crippen LogP contribution in [0.4, 0.5) is 5.82 Å². The summed E-state index contributed by atoms with van der Waals surface area (Å²) in [4.78, 5) is 13.7. The molecule has 0 atom stereocenters. The number of H-pyrrole nitrogens is 1. The summed E-state index contributed by atoms with van der Waals surface area (Å²) in [6.07, 6.45) is 3.20. The predicted octanol–water partition coefficient (Wildman–Crippen LogP) is 1.21. The smallest absolute Gasteiger partial charge is 0.228 e. The van der Waals surface area contributed by atoms with E-state index in [1.54, 1.807) is 0 Å². The topological polar surface area (TPSA) is 61.0 Å². The average Bonchev–Trinajstić information content (AvgIpc) is 2.47. The highest BCUT2D eigenvalue weighted by Gasteiger charge is 2.25. The Bertz CT molecular complexity index is 368. The molecule has 1 amide bonds. The van der Waals surface area contributed by atoms with E-state index in [1.165, 1.54) is 6.42 Å². The van der Waals surface area contributed by atoms with Crippen LogP contribution in [0, 0.1) is 5.92 Å². The van der Waals surface area contributed by atoms with Gasteiger partial charge in [-0.15, -0.1) is 0 Å². The summed E-state index contributed by atoms with van der Waals surface area (Å²) in [5.74, 6) is 0.942. The van der Waals surface area contributed by atoms with E-state index in [2.05, 4.69) is 15.5 Å². The van der Waals surface area contributed by atoms with Crippen LogP contribution >= 0.6 is 0 Å². The molecule has 5 heteroatoms. The molecule has 88 valence electrons. The fourth-order valence-electron chi connectivity index (χ4n) is 1.75. The molecular weight excluding hydrogens is 204 g/mol. The summed E-state index contributed by atoms with van der Waals surface area (Å²) in [7, 11) is 3.99. The summed E-state index contributed by atoms with van der Waals surface area (Å²) in [6, 6.07) is 1.89. The number of aromatic amines is 1. The Morgan fingerprint density at radius 2 is 2.38 bits per heavy atom. The number of nitrogens with zero attached hydrogens (tertiary/aromatic N) is 2. The third-order valence-electron chi connectivity index (χ3n) is 2.84. The van der Waals surface area contributed by atoms with Crippen molar-refractivity contribution in [3.05, 3.63) is 11.8 Å². The SMILES string of the molecule is CN(C)Cc1cc(NC(=O)C2CCC2)n[nH]1. The fraction of sp³-hybridized carbons (Fsp3) is 0.636. The van der Waals surface area contributed by atoms with Crippen molar-refractivity contribution in [2.24, 2.45) is 5.92 Å². The predicted molar refractivity (Wildman–Crippen MR) is 61.9 cm³/mol. The lowest BCUT2D eigenvalue weighted by Crippen LogP contribution is -2.28. The highest BCUT2D eigenvalue weighted by Crippen LogP contribution is 2.27. The number of aromatic nitrogens is 2. The van der Waals surface area contributed by atoms with Gasteiger partial charge in [-0.05, 0) is 26.9 Å². The molecule has 2 N–H and O–H groups in total. The van der Waals surface area contributed by atoms with Gasteiger partial charge in [0, 0.05) is 18.5 Å². The largest absolute Gasteiger partial charge is 0.309 e. The van der Waals surface area contributed by atoms with E-state index in [9.17, 15) is 4.79 Å². The Balaban J connectivity index is 1.89. The first kappa shape index (κ1) is 11.1. The third kappa shape index (κ3) is 2.61. The Morgan fingerprint density at radius 1 is 1.62 bits per heavy atom. The first-order valence-electron chi connectivity index (χ1n) is 5.65. The normalized spacial score (nSPS) is 16.2. The van der Waals surface area contributed by atoms with E-state index in [1.807, 2.05) is 25.1 Å². The number of nitrogens with one attached hydrogen (secondary N) is 2. The summed E-state index contributed by atoms with van der Waals surface area (Å²) >= 11 is 0. The van der Waals surface area contributed by atoms with Crippen molar-refractivity contribution in [3.8, 4) is 0 Å². The molecule has 0 bridgehead atoms. The lowest BCUT2D eigenvalue weighted by molar-refractivity contribution is -0.122. The Hall–Kier alpha value is -1.36. The van der Waals surface area contributed by atoms with Gasteiger partial charge < -0.3 is 10.2 Å². The molecular formula is C11H18N4O. The van der Waals surface area contributed by atoms with Gasteiger partial charge in [0.05, 0.1) is 5.69 Å². The summed E-state index contributed by atoms with van der Waals surface area (Å²) in [5, 5.41) is 9.82. The zero-order valence-electron chi connectivity index (χ0n) is 9.79. The maximum absolute atomic E-state index is 11.7. The summed E-state index contributed by atoms with van der Waals surface area (Å²) < 4.78 is 0. The molecule has 0 unspecified atom stereocenters. The number of hydrogen-bond acceptors (Lipinski definition) is 3. The standard InChI is InChI=1S/C11H18N4O/c1-15(2)7-9-6-10(14-13-9)12-11(16)8-4-3-5-8/h6,8H,3-5,7H2,1-2H3,(H2,12,13,14,16). The Kier molecular flexibility index (Phi) is 3.24. The van der Waals surface area contributed by atoms with E-state index in [0.29, 0.717) is 5.82 Å². The van der Waals surface area contributed by atoms with Gasteiger partial charge in [-0.2, -0.15) is 5.10 Å². The minimum absolute atomic E-state index is 0.106. The molecule has 1 aliphatic rings. The van der Waals surface area contributed by atoms with E-state index in [-0.39, 0.29) is 11.8 Å². The molecule has 0 aliphatic heterocycles. The quantitative estimate of drug-likeness (QED) is 0.805. The van der Waals surface area contributed by atoms with Crippen LogP contribution in [-0.4, -0.2) is 35.1 Å². The molecule has 2 rings (SSSR count). The van der Waals surface area contributed by atoms with Crippen LogP contribution in [0.2, 0.25) is 0 Å². The lowest BCUT2D eigenvalue weighted by Gasteiger charge is -2.23. The van der Waals surface area contributed by atoms with E-state index < -0.39 is 0 Å². The van der Waals surface area contributed by atoms with Crippen molar-refractivity contribution in [3.63, 3.8) is 0 Å². The summed E-state index contributed by atoms with van der Waals surface area (Å²) in [5.41, 5.74) is 1.01. The van der Waals surface area contributed by atoms with Gasteiger partial charge in [-0.3, -0.25) is 9.89 Å². The van der Waals surface area contributed by atoms with Crippen LogP contribution < -0.4 is 5.32 Å². The van der Waals surface area contributed by atoms with Crippen molar-refractivity contribution < 1.29 is 4.79 Å². The van der Waals surface area contributed by atoms with Gasteiger partial charge in [0.25, 0.3) is 0 Å². The molecule has 1 aromatic rings. The Morgan fingerprint density at radius 3 is 2.94 bits per heavy atom. The first-order valence-corrected chi connectivity index (χ1v) is 5.65. The Labute approximate surface area is 95.2 Å². The van der Waals surface area contributed by atoms with Gasteiger partial charge in [0.2, 0.25) is 5.91 Å². The number of hydrogen-bond donors (Lipinski definition) is 2.